The van der Waals surface area contributed by atoms with E-state index in [-0.39, 0.29) is 5.78 Å². The molecule has 0 fully saturated rings. The Balaban J connectivity index is 1.69. The van der Waals surface area contributed by atoms with Crippen LogP contribution in [0.1, 0.15) is 21.5 Å². The number of H-pyrrole nitrogens is 1. The number of aromatic nitrogens is 2. The smallest absolute Gasteiger partial charge is 0.330 e. The number of nitrogens with one attached hydrogen (secondary N) is 2. The fraction of sp³-hybridized carbons (Fsp3) is 0.0800. The molecule has 0 unspecified atom stereocenters. The van der Waals surface area contributed by atoms with Crippen LogP contribution in [0.5, 0.6) is 0 Å². The summed E-state index contributed by atoms with van der Waals surface area (Å²) in [6.45, 7) is 0. The van der Waals surface area contributed by atoms with E-state index in [1.807, 2.05) is 30.3 Å². The number of hydrogen-bond donors (Lipinski definition) is 2. The number of ether oxygens (including phenoxy) is 1. The fourth-order valence-electron chi connectivity index (χ4n) is 3.50. The summed E-state index contributed by atoms with van der Waals surface area (Å²) in [5, 5.41) is 0.638. The number of aromatic amines is 1. The predicted octanol–water partition coefficient (Wildman–Crippen LogP) is 4.02. The number of carbonyl (C=O) groups excluding carboxylic acids is 2. The second kappa shape index (κ2) is 9.32. The monoisotopic (exact) mass is 475 g/mol. The Morgan fingerprint density at radius 2 is 1.85 bits per heavy atom. The minimum atomic E-state index is -3.47. The lowest BCUT2D eigenvalue weighted by molar-refractivity contribution is -0.134. The van der Waals surface area contributed by atoms with Crippen molar-refractivity contribution in [2.45, 2.75) is 0 Å². The van der Waals surface area contributed by atoms with Gasteiger partial charge in [-0.1, -0.05) is 30.3 Å². The molecule has 0 aliphatic rings. The van der Waals surface area contributed by atoms with E-state index in [2.05, 4.69) is 19.4 Å². The van der Waals surface area contributed by atoms with Crippen LogP contribution >= 0.6 is 0 Å². The lowest BCUT2D eigenvalue weighted by Gasteiger charge is -2.07. The lowest BCUT2D eigenvalue weighted by atomic mass is 10.00. The summed E-state index contributed by atoms with van der Waals surface area (Å²) in [7, 11) is -2.15. The highest BCUT2D eigenvalue weighted by Crippen LogP contribution is 2.27. The quantitative estimate of drug-likeness (QED) is 0.237. The highest BCUT2D eigenvalue weighted by atomic mass is 32.2. The van der Waals surface area contributed by atoms with Crippen molar-refractivity contribution >= 4 is 44.6 Å². The Kier molecular flexibility index (Phi) is 6.29. The van der Waals surface area contributed by atoms with Crippen molar-refractivity contribution in [3.63, 3.8) is 0 Å². The van der Waals surface area contributed by atoms with Gasteiger partial charge in [0, 0.05) is 46.2 Å². The zero-order valence-electron chi connectivity index (χ0n) is 18.4. The Labute approximate surface area is 196 Å². The molecule has 2 aromatic heterocycles. The first-order valence-corrected chi connectivity index (χ1v) is 12.1. The zero-order chi connectivity index (χ0) is 24.3. The third-order valence-electron chi connectivity index (χ3n) is 5.04. The molecule has 0 radical (unpaired) electrons. The van der Waals surface area contributed by atoms with Crippen LogP contribution in [0.25, 0.3) is 28.2 Å². The van der Waals surface area contributed by atoms with Gasteiger partial charge in [0.2, 0.25) is 10.0 Å². The van der Waals surface area contributed by atoms with Crippen molar-refractivity contribution in [3.05, 3.63) is 89.8 Å². The van der Waals surface area contributed by atoms with Crippen molar-refractivity contribution in [1.82, 2.24) is 9.97 Å². The summed E-state index contributed by atoms with van der Waals surface area (Å²) in [4.78, 5) is 32.1. The van der Waals surface area contributed by atoms with Gasteiger partial charge in [-0.05, 0) is 41.5 Å². The Bertz CT molecular complexity index is 1540. The average molecular weight is 476 g/mol. The maximum atomic E-state index is 13.2. The number of benzene rings is 2. The molecule has 9 heteroatoms. The van der Waals surface area contributed by atoms with Gasteiger partial charge in [0.1, 0.15) is 5.65 Å². The molecule has 2 aromatic carbocycles. The minimum absolute atomic E-state index is 0.267. The molecule has 34 heavy (non-hydrogen) atoms. The summed E-state index contributed by atoms with van der Waals surface area (Å²) in [5.41, 5.74) is 4.09. The van der Waals surface area contributed by atoms with Crippen LogP contribution in [0, 0.1) is 0 Å². The van der Waals surface area contributed by atoms with Gasteiger partial charge in [0.15, 0.2) is 5.78 Å². The van der Waals surface area contributed by atoms with E-state index >= 15 is 0 Å². The van der Waals surface area contributed by atoms with Crippen LogP contribution in [0.15, 0.2) is 73.1 Å². The van der Waals surface area contributed by atoms with Gasteiger partial charge in [0.25, 0.3) is 0 Å². The number of hydrogen-bond acceptors (Lipinski definition) is 6. The standard InChI is InChI=1S/C25H21N3O5S/c1-33-23(29)10-9-16-5-3-6-17(11-16)19-13-21-22(15-27-25(21)26-14-19)24(30)18-7-4-8-20(12-18)28-34(2,31)32/h3-15,28H,1-2H3,(H,26,27)/b10-9-. The van der Waals surface area contributed by atoms with Crippen molar-refractivity contribution in [2.75, 3.05) is 18.1 Å². The maximum Gasteiger partial charge on any atom is 0.330 e. The molecule has 0 spiro atoms. The van der Waals surface area contributed by atoms with Crippen LogP contribution in [-0.4, -0.2) is 43.5 Å². The molecule has 2 heterocycles. The van der Waals surface area contributed by atoms with E-state index in [1.54, 1.807) is 36.7 Å². The molecular formula is C25H21N3O5S. The molecule has 0 aliphatic carbocycles. The fourth-order valence-corrected chi connectivity index (χ4v) is 4.05. The summed E-state index contributed by atoms with van der Waals surface area (Å²) < 4.78 is 30.1. The summed E-state index contributed by atoms with van der Waals surface area (Å²) >= 11 is 0. The molecule has 0 saturated carbocycles. The summed E-state index contributed by atoms with van der Waals surface area (Å²) in [6.07, 6.45) is 7.34. The second-order valence-corrected chi connectivity index (χ2v) is 9.34. The van der Waals surface area contributed by atoms with Gasteiger partial charge in [0.05, 0.1) is 13.4 Å². The van der Waals surface area contributed by atoms with E-state index in [1.165, 1.54) is 19.3 Å². The number of ketones is 1. The SMILES string of the molecule is COC(=O)/C=C\c1cccc(-c2cnc3[nH]cc(C(=O)c4cccc(NS(C)(=O)=O)c4)c3c2)c1. The van der Waals surface area contributed by atoms with Crippen molar-refractivity contribution in [1.29, 1.82) is 0 Å². The lowest BCUT2D eigenvalue weighted by Crippen LogP contribution is -2.10. The van der Waals surface area contributed by atoms with Crippen LogP contribution in [0.2, 0.25) is 0 Å². The number of nitrogens with zero attached hydrogens (tertiary/aromatic N) is 1. The Morgan fingerprint density at radius 1 is 1.06 bits per heavy atom. The van der Waals surface area contributed by atoms with E-state index in [0.29, 0.717) is 27.8 Å². The van der Waals surface area contributed by atoms with Crippen LogP contribution in [-0.2, 0) is 19.6 Å². The zero-order valence-corrected chi connectivity index (χ0v) is 19.2. The second-order valence-electron chi connectivity index (χ2n) is 7.59. The highest BCUT2D eigenvalue weighted by Gasteiger charge is 2.17. The molecule has 0 atom stereocenters. The molecule has 4 aromatic rings. The third kappa shape index (κ3) is 5.21. The topological polar surface area (TPSA) is 118 Å². The van der Waals surface area contributed by atoms with Crippen LogP contribution < -0.4 is 4.72 Å². The van der Waals surface area contributed by atoms with Gasteiger partial charge >= 0.3 is 5.97 Å². The largest absolute Gasteiger partial charge is 0.466 e. The normalized spacial score (nSPS) is 11.6. The van der Waals surface area contributed by atoms with E-state index < -0.39 is 16.0 Å². The van der Waals surface area contributed by atoms with Crippen molar-refractivity contribution in [3.8, 4) is 11.1 Å². The Morgan fingerprint density at radius 3 is 2.62 bits per heavy atom. The molecule has 0 saturated heterocycles. The molecule has 0 amide bonds. The number of pyridine rings is 1. The number of anilines is 1. The minimum Gasteiger partial charge on any atom is -0.466 e. The van der Waals surface area contributed by atoms with E-state index in [4.69, 9.17) is 0 Å². The molecule has 0 bridgehead atoms. The maximum absolute atomic E-state index is 13.2. The number of esters is 1. The molecule has 172 valence electrons. The molecule has 4 rings (SSSR count). The first-order chi connectivity index (χ1) is 16.2. The van der Waals surface area contributed by atoms with Gasteiger partial charge in [-0.15, -0.1) is 0 Å². The number of carbonyl (C=O) groups is 2. The van der Waals surface area contributed by atoms with Gasteiger partial charge in [-0.3, -0.25) is 9.52 Å². The first kappa shape index (κ1) is 22.9. The molecule has 0 aliphatic heterocycles. The van der Waals surface area contributed by atoms with Gasteiger partial charge in [-0.2, -0.15) is 0 Å². The molecule has 8 nitrogen and oxygen atoms in total. The third-order valence-corrected chi connectivity index (χ3v) is 5.64. The van der Waals surface area contributed by atoms with Crippen molar-refractivity contribution < 1.29 is 22.7 Å². The van der Waals surface area contributed by atoms with E-state index in [0.717, 1.165) is 22.9 Å². The number of fused-ring (bicyclic) bond motifs is 1. The molecule has 2 N–H and O–H groups in total. The highest BCUT2D eigenvalue weighted by molar-refractivity contribution is 7.92. The first-order valence-electron chi connectivity index (χ1n) is 10.2. The van der Waals surface area contributed by atoms with Crippen molar-refractivity contribution in [2.24, 2.45) is 0 Å². The average Bonchev–Trinajstić information content (AvgIpc) is 3.24. The molecular weight excluding hydrogens is 454 g/mol. The number of rotatable bonds is 7. The summed E-state index contributed by atoms with van der Waals surface area (Å²) in [6, 6.07) is 15.7. The van der Waals surface area contributed by atoms with Gasteiger partial charge in [-0.25, -0.2) is 18.2 Å². The van der Waals surface area contributed by atoms with E-state index in [9.17, 15) is 18.0 Å². The number of methoxy groups -OCH3 is 1. The van der Waals surface area contributed by atoms with Crippen LogP contribution in [0.3, 0.4) is 0 Å². The summed E-state index contributed by atoms with van der Waals surface area (Å²) in [5.74, 6) is -0.711. The van der Waals surface area contributed by atoms with Crippen LogP contribution in [0.4, 0.5) is 5.69 Å². The number of sulfonamides is 1. The Hall–Kier alpha value is -4.24. The van der Waals surface area contributed by atoms with Gasteiger partial charge < -0.3 is 9.72 Å². The predicted molar refractivity (Wildman–Crippen MR) is 131 cm³/mol.